The number of carboxylic acids is 1. The molecule has 0 saturated carbocycles. The van der Waals surface area contributed by atoms with Crippen LogP contribution in [0.1, 0.15) is 16.8 Å². The van der Waals surface area contributed by atoms with E-state index in [9.17, 15) is 18.0 Å². The third-order valence-electron chi connectivity index (χ3n) is 5.36. The number of benzene rings is 3. The molecule has 1 N–H and O–H groups in total. The number of aliphatic carboxylic acids is 1. The molecule has 0 aliphatic rings. The molecule has 0 fully saturated rings. The van der Waals surface area contributed by atoms with E-state index in [1.54, 1.807) is 31.2 Å². The van der Waals surface area contributed by atoms with Crippen LogP contribution in [0, 0.1) is 13.8 Å². The van der Waals surface area contributed by atoms with Crippen molar-refractivity contribution in [2.75, 3.05) is 6.61 Å². The van der Waals surface area contributed by atoms with E-state index in [-0.39, 0.29) is 12.4 Å². The van der Waals surface area contributed by atoms with E-state index >= 15 is 0 Å². The number of hydrogen-bond acceptors (Lipinski definition) is 6. The van der Waals surface area contributed by atoms with Crippen molar-refractivity contribution in [3.8, 4) is 39.9 Å². The Morgan fingerprint density at radius 3 is 2.13 bits per heavy atom. The van der Waals surface area contributed by atoms with Crippen LogP contribution < -0.4 is 14.2 Å². The van der Waals surface area contributed by atoms with Gasteiger partial charge in [0.15, 0.2) is 12.4 Å². The first-order valence-corrected chi connectivity index (χ1v) is 11.4. The fourth-order valence-electron chi connectivity index (χ4n) is 3.55. The number of ether oxygens (including phenoxy) is 3. The first-order valence-electron chi connectivity index (χ1n) is 11.4. The van der Waals surface area contributed by atoms with Gasteiger partial charge in [0.25, 0.3) is 0 Å². The summed E-state index contributed by atoms with van der Waals surface area (Å²) in [6.45, 7) is 3.37. The number of carbonyl (C=O) groups is 1. The molecule has 0 aliphatic heterocycles. The van der Waals surface area contributed by atoms with Crippen molar-refractivity contribution in [1.82, 2.24) is 9.97 Å². The van der Waals surface area contributed by atoms with Crippen molar-refractivity contribution in [3.05, 3.63) is 89.6 Å². The molecule has 196 valence electrons. The van der Waals surface area contributed by atoms with Crippen LogP contribution in [0.5, 0.6) is 17.2 Å². The highest BCUT2D eigenvalue weighted by atomic mass is 19.4. The third-order valence-corrected chi connectivity index (χ3v) is 5.36. The second-order valence-corrected chi connectivity index (χ2v) is 8.40. The van der Waals surface area contributed by atoms with Crippen LogP contribution in [0.15, 0.2) is 72.8 Å². The molecular formula is C28H23F3N2O5. The SMILES string of the molecule is Cc1ccc(-c2nc(COc3ccc(OCC(=O)O)c(C)c3)cc(-c3ccc(OC(F)(F)F)cc3)n2)cc1. The van der Waals surface area contributed by atoms with Crippen molar-refractivity contribution in [2.24, 2.45) is 0 Å². The van der Waals surface area contributed by atoms with Crippen LogP contribution in [-0.2, 0) is 11.4 Å². The van der Waals surface area contributed by atoms with Gasteiger partial charge >= 0.3 is 12.3 Å². The first-order chi connectivity index (χ1) is 18.1. The molecule has 0 amide bonds. The highest BCUT2D eigenvalue weighted by molar-refractivity contribution is 5.68. The van der Waals surface area contributed by atoms with Crippen LogP contribution in [0.2, 0.25) is 0 Å². The maximum Gasteiger partial charge on any atom is 0.573 e. The van der Waals surface area contributed by atoms with E-state index in [0.717, 1.165) is 11.1 Å². The lowest BCUT2D eigenvalue weighted by Crippen LogP contribution is -2.16. The second-order valence-electron chi connectivity index (χ2n) is 8.40. The smallest absolute Gasteiger partial charge is 0.487 e. The van der Waals surface area contributed by atoms with E-state index in [2.05, 4.69) is 14.7 Å². The normalized spacial score (nSPS) is 11.2. The Morgan fingerprint density at radius 1 is 0.842 bits per heavy atom. The molecule has 3 aromatic carbocycles. The minimum absolute atomic E-state index is 0.0818. The van der Waals surface area contributed by atoms with E-state index < -0.39 is 18.9 Å². The summed E-state index contributed by atoms with van der Waals surface area (Å²) in [4.78, 5) is 20.0. The molecular weight excluding hydrogens is 501 g/mol. The maximum absolute atomic E-state index is 12.5. The summed E-state index contributed by atoms with van der Waals surface area (Å²) in [7, 11) is 0. The molecule has 10 heteroatoms. The predicted octanol–water partition coefficient (Wildman–Crippen LogP) is 6.37. The van der Waals surface area contributed by atoms with Gasteiger partial charge in [-0.3, -0.25) is 0 Å². The van der Waals surface area contributed by atoms with Gasteiger partial charge in [-0.2, -0.15) is 0 Å². The number of alkyl halides is 3. The Morgan fingerprint density at radius 2 is 1.50 bits per heavy atom. The summed E-state index contributed by atoms with van der Waals surface area (Å²) in [5.74, 6) is -0.00941. The Bertz CT molecular complexity index is 1420. The van der Waals surface area contributed by atoms with Gasteiger partial charge in [-0.05, 0) is 67.9 Å². The lowest BCUT2D eigenvalue weighted by atomic mass is 10.1. The summed E-state index contributed by atoms with van der Waals surface area (Å²) in [6, 6.07) is 19.8. The zero-order valence-electron chi connectivity index (χ0n) is 20.5. The van der Waals surface area contributed by atoms with Gasteiger partial charge in [0.05, 0.1) is 11.4 Å². The largest absolute Gasteiger partial charge is 0.573 e. The molecule has 4 aromatic rings. The van der Waals surface area contributed by atoms with E-state index in [4.69, 9.17) is 14.6 Å². The van der Waals surface area contributed by atoms with Gasteiger partial charge in [0.2, 0.25) is 0 Å². The summed E-state index contributed by atoms with van der Waals surface area (Å²) in [5.41, 5.74) is 4.17. The van der Waals surface area contributed by atoms with Crippen LogP contribution in [0.4, 0.5) is 13.2 Å². The zero-order chi connectivity index (χ0) is 27.3. The molecule has 0 unspecified atom stereocenters. The molecule has 1 aromatic heterocycles. The number of nitrogens with zero attached hydrogens (tertiary/aromatic N) is 2. The number of aryl methyl sites for hydroxylation is 2. The Kier molecular flexibility index (Phi) is 7.80. The predicted molar refractivity (Wildman–Crippen MR) is 133 cm³/mol. The van der Waals surface area contributed by atoms with Crippen molar-refractivity contribution < 1.29 is 37.3 Å². The number of halogens is 3. The Hall–Kier alpha value is -4.60. The Labute approximate surface area is 216 Å². The summed E-state index contributed by atoms with van der Waals surface area (Å²) >= 11 is 0. The zero-order valence-corrected chi connectivity index (χ0v) is 20.5. The monoisotopic (exact) mass is 524 g/mol. The standard InChI is InChI=1S/C28H23F3N2O5/c1-17-3-5-20(6-4-17)27-32-21(15-36-23-11-12-25(18(2)13-23)37-16-26(34)35)14-24(33-27)19-7-9-22(10-8-19)38-28(29,30)31/h3-14H,15-16H2,1-2H3,(H,34,35). The van der Waals surface area contributed by atoms with Gasteiger partial charge in [-0.15, -0.1) is 13.2 Å². The third kappa shape index (κ3) is 7.22. The van der Waals surface area contributed by atoms with Crippen molar-refractivity contribution in [2.45, 2.75) is 26.8 Å². The minimum atomic E-state index is -4.78. The minimum Gasteiger partial charge on any atom is -0.487 e. The van der Waals surface area contributed by atoms with Crippen LogP contribution in [0.25, 0.3) is 22.6 Å². The quantitative estimate of drug-likeness (QED) is 0.272. The van der Waals surface area contributed by atoms with Crippen LogP contribution in [0.3, 0.4) is 0 Å². The highest BCUT2D eigenvalue weighted by Gasteiger charge is 2.31. The molecule has 4 rings (SSSR count). The van der Waals surface area contributed by atoms with Gasteiger partial charge in [0, 0.05) is 11.1 Å². The van der Waals surface area contributed by atoms with Gasteiger partial charge in [-0.1, -0.05) is 29.8 Å². The van der Waals surface area contributed by atoms with Crippen molar-refractivity contribution in [1.29, 1.82) is 0 Å². The molecule has 7 nitrogen and oxygen atoms in total. The topological polar surface area (TPSA) is 90.8 Å². The number of carboxylic acid groups (broad SMARTS) is 1. The first kappa shape index (κ1) is 26.5. The summed E-state index contributed by atoms with van der Waals surface area (Å²) in [6.07, 6.45) is -4.78. The number of rotatable bonds is 9. The lowest BCUT2D eigenvalue weighted by molar-refractivity contribution is -0.274. The molecule has 0 aliphatic carbocycles. The van der Waals surface area contributed by atoms with Gasteiger partial charge < -0.3 is 19.3 Å². The second kappa shape index (κ2) is 11.2. The van der Waals surface area contributed by atoms with E-state index in [1.807, 2.05) is 31.2 Å². The molecule has 0 spiro atoms. The molecule has 0 bridgehead atoms. The molecule has 38 heavy (non-hydrogen) atoms. The number of hydrogen-bond donors (Lipinski definition) is 1. The Balaban J connectivity index is 1.60. The summed E-state index contributed by atoms with van der Waals surface area (Å²) < 4.78 is 52.8. The van der Waals surface area contributed by atoms with Gasteiger partial charge in [0.1, 0.15) is 23.9 Å². The lowest BCUT2D eigenvalue weighted by Gasteiger charge is -2.13. The van der Waals surface area contributed by atoms with Crippen molar-refractivity contribution in [3.63, 3.8) is 0 Å². The average Bonchev–Trinajstić information content (AvgIpc) is 2.86. The summed E-state index contributed by atoms with van der Waals surface area (Å²) in [5, 5.41) is 8.80. The van der Waals surface area contributed by atoms with E-state index in [1.165, 1.54) is 24.3 Å². The van der Waals surface area contributed by atoms with Crippen LogP contribution in [-0.4, -0.2) is 34.0 Å². The molecule has 1 heterocycles. The van der Waals surface area contributed by atoms with Crippen LogP contribution >= 0.6 is 0 Å². The molecule has 0 atom stereocenters. The fourth-order valence-corrected chi connectivity index (χ4v) is 3.55. The molecule has 0 radical (unpaired) electrons. The van der Waals surface area contributed by atoms with Crippen molar-refractivity contribution >= 4 is 5.97 Å². The maximum atomic E-state index is 12.5. The molecule has 0 saturated heterocycles. The van der Waals surface area contributed by atoms with Gasteiger partial charge in [-0.25, -0.2) is 14.8 Å². The highest BCUT2D eigenvalue weighted by Crippen LogP contribution is 2.28. The number of aromatic nitrogens is 2. The fraction of sp³-hybridized carbons (Fsp3) is 0.179. The average molecular weight is 524 g/mol. The van der Waals surface area contributed by atoms with E-state index in [0.29, 0.717) is 39.8 Å².